The van der Waals surface area contributed by atoms with Crippen molar-refractivity contribution in [2.75, 3.05) is 11.8 Å². The van der Waals surface area contributed by atoms with Crippen molar-refractivity contribution in [2.24, 2.45) is 0 Å². The van der Waals surface area contributed by atoms with E-state index in [4.69, 9.17) is 4.74 Å². The predicted molar refractivity (Wildman–Crippen MR) is 138 cm³/mol. The third-order valence-electron chi connectivity index (χ3n) is 6.31. The summed E-state index contributed by atoms with van der Waals surface area (Å²) < 4.78 is 64.6. The number of benzene rings is 2. The van der Waals surface area contributed by atoms with E-state index < -0.39 is 27.1 Å². The first-order valence-corrected chi connectivity index (χ1v) is 13.2. The van der Waals surface area contributed by atoms with Gasteiger partial charge in [-0.15, -0.1) is 5.10 Å². The van der Waals surface area contributed by atoms with Crippen molar-refractivity contribution in [3.8, 4) is 23.3 Å². The highest BCUT2D eigenvalue weighted by molar-refractivity contribution is 7.92. The van der Waals surface area contributed by atoms with Gasteiger partial charge in [0.25, 0.3) is 15.6 Å². The fourth-order valence-electron chi connectivity index (χ4n) is 4.41. The molecule has 0 unspecified atom stereocenters. The van der Waals surface area contributed by atoms with E-state index in [1.54, 1.807) is 0 Å². The molecule has 1 aliphatic rings. The first-order valence-electron chi connectivity index (χ1n) is 11.8. The Morgan fingerprint density at radius 1 is 1.11 bits per heavy atom. The molecule has 5 rings (SSSR count). The van der Waals surface area contributed by atoms with Crippen LogP contribution < -0.4 is 15.0 Å². The summed E-state index contributed by atoms with van der Waals surface area (Å²) in [6, 6.07) is 12.3. The van der Waals surface area contributed by atoms with Gasteiger partial charge in [-0.3, -0.25) is 14.1 Å². The van der Waals surface area contributed by atoms with E-state index in [1.807, 2.05) is 0 Å². The summed E-state index contributed by atoms with van der Waals surface area (Å²) in [4.78, 5) is 12.9. The normalized spacial score (nSPS) is 14.6. The molecular weight excluding hydrogens is 514 g/mol. The Labute approximate surface area is 217 Å². The molecule has 0 radical (unpaired) electrons. The van der Waals surface area contributed by atoms with Crippen LogP contribution in [0.3, 0.4) is 0 Å². The second-order valence-electron chi connectivity index (χ2n) is 8.87. The molecule has 0 spiro atoms. The molecule has 0 bridgehead atoms. The highest BCUT2D eigenvalue weighted by Gasteiger charge is 2.31. The first kappa shape index (κ1) is 25.4. The fraction of sp³-hybridized carbons (Fsp3) is 0.222. The van der Waals surface area contributed by atoms with Crippen molar-refractivity contribution in [2.45, 2.75) is 36.2 Å². The molecule has 0 aliphatic heterocycles. The van der Waals surface area contributed by atoms with E-state index in [1.165, 1.54) is 66.4 Å². The molecule has 1 saturated carbocycles. The minimum atomic E-state index is -4.01. The molecule has 194 valence electrons. The van der Waals surface area contributed by atoms with Crippen LogP contribution in [0.15, 0.2) is 70.5 Å². The summed E-state index contributed by atoms with van der Waals surface area (Å²) in [5, 5.41) is 7.77. The number of nitrogens with zero attached hydrogens (tertiary/aromatic N) is 3. The van der Waals surface area contributed by atoms with E-state index in [2.05, 4.69) is 26.8 Å². The lowest BCUT2D eigenvalue weighted by Gasteiger charge is -2.16. The van der Waals surface area contributed by atoms with Gasteiger partial charge >= 0.3 is 0 Å². The number of fused-ring (bicyclic) bond motifs is 1. The number of sulfonamides is 1. The molecule has 2 aromatic carbocycles. The minimum Gasteiger partial charge on any atom is -0.495 e. The summed E-state index contributed by atoms with van der Waals surface area (Å²) >= 11 is 0. The number of alkyl halides is 1. The summed E-state index contributed by atoms with van der Waals surface area (Å²) in [5.74, 6) is 4.59. The topological polar surface area (TPSA) is 103 Å². The van der Waals surface area contributed by atoms with Crippen molar-refractivity contribution in [3.63, 3.8) is 0 Å². The van der Waals surface area contributed by atoms with Gasteiger partial charge in [0.1, 0.15) is 11.6 Å². The summed E-state index contributed by atoms with van der Waals surface area (Å²) in [6.45, 7) is 0. The highest BCUT2D eigenvalue weighted by atomic mass is 32.2. The zero-order valence-electron chi connectivity index (χ0n) is 20.2. The summed E-state index contributed by atoms with van der Waals surface area (Å²) in [5.41, 5.74) is -1.76. The van der Waals surface area contributed by atoms with Crippen molar-refractivity contribution in [3.05, 3.63) is 82.5 Å². The zero-order chi connectivity index (χ0) is 26.9. The van der Waals surface area contributed by atoms with Crippen molar-refractivity contribution in [1.29, 1.82) is 0 Å². The number of rotatable bonds is 5. The van der Waals surface area contributed by atoms with E-state index in [9.17, 15) is 17.6 Å². The van der Waals surface area contributed by atoms with Crippen LogP contribution in [0, 0.1) is 17.7 Å². The maximum absolute atomic E-state index is 15.1. The third kappa shape index (κ3) is 4.95. The van der Waals surface area contributed by atoms with Gasteiger partial charge in [-0.2, -0.15) is 5.10 Å². The van der Waals surface area contributed by atoms with Crippen LogP contribution in [0.1, 0.15) is 31.2 Å². The van der Waals surface area contributed by atoms with Crippen molar-refractivity contribution in [1.82, 2.24) is 14.8 Å². The SMILES string of the molecule is COc1cc(C#CC2(F)CCCC2)c(F)cc1-n1c(=O)ccc2cc(S(=O)(=O)Nc3cccnn3)ccc21. The molecule has 0 atom stereocenters. The number of hydrogen-bond acceptors (Lipinski definition) is 6. The lowest BCUT2D eigenvalue weighted by Crippen LogP contribution is -2.19. The first-order chi connectivity index (χ1) is 18.2. The molecule has 0 saturated heterocycles. The van der Waals surface area contributed by atoms with Gasteiger partial charge in [0.2, 0.25) is 0 Å². The fourth-order valence-corrected chi connectivity index (χ4v) is 5.44. The number of aromatic nitrogens is 3. The van der Waals surface area contributed by atoms with Gasteiger partial charge in [0.15, 0.2) is 11.5 Å². The van der Waals surface area contributed by atoms with Gasteiger partial charge in [-0.05, 0) is 62.1 Å². The van der Waals surface area contributed by atoms with Gasteiger partial charge in [-0.25, -0.2) is 17.2 Å². The van der Waals surface area contributed by atoms with Crippen LogP contribution >= 0.6 is 0 Å². The number of hydrogen-bond donors (Lipinski definition) is 1. The predicted octanol–water partition coefficient (Wildman–Crippen LogP) is 4.36. The number of anilines is 1. The summed E-state index contributed by atoms with van der Waals surface area (Å²) in [7, 11) is -2.64. The molecule has 2 aromatic heterocycles. The van der Waals surface area contributed by atoms with Crippen LogP contribution in [0.5, 0.6) is 5.75 Å². The Kier molecular flexibility index (Phi) is 6.59. The second-order valence-corrected chi connectivity index (χ2v) is 10.6. The van der Waals surface area contributed by atoms with Crippen LogP contribution in [0.25, 0.3) is 16.6 Å². The largest absolute Gasteiger partial charge is 0.495 e. The number of pyridine rings is 1. The Morgan fingerprint density at radius 2 is 1.89 bits per heavy atom. The second kappa shape index (κ2) is 9.87. The monoisotopic (exact) mass is 536 g/mol. The number of ether oxygens (including phenoxy) is 1. The molecule has 38 heavy (non-hydrogen) atoms. The number of methoxy groups -OCH3 is 1. The Hall–Kier alpha value is -4.30. The van der Waals surface area contributed by atoms with Crippen molar-refractivity contribution >= 4 is 26.7 Å². The molecular formula is C27H22F2N4O4S. The van der Waals surface area contributed by atoms with Gasteiger partial charge in [0.05, 0.1) is 28.8 Å². The lowest BCUT2D eigenvalue weighted by molar-refractivity contribution is 0.253. The maximum atomic E-state index is 15.1. The van der Waals surface area contributed by atoms with Gasteiger partial charge in [-0.1, -0.05) is 11.8 Å². The minimum absolute atomic E-state index is 0.0487. The molecule has 1 fully saturated rings. The Morgan fingerprint density at radius 3 is 2.61 bits per heavy atom. The third-order valence-corrected chi connectivity index (χ3v) is 7.67. The van der Waals surface area contributed by atoms with Crippen molar-refractivity contribution < 1.29 is 21.9 Å². The molecule has 1 aliphatic carbocycles. The van der Waals surface area contributed by atoms with E-state index in [0.717, 1.165) is 18.9 Å². The summed E-state index contributed by atoms with van der Waals surface area (Å²) in [6.07, 6.45) is 3.51. The standard InChI is InChI=1S/C27H22F2N4O4S/c1-37-24-16-18(10-13-27(29)11-2-3-12-27)21(28)17-23(24)33-22-8-7-20(15-19(22)6-9-26(33)34)38(35,36)32-25-5-4-14-30-31-25/h4-9,14-17H,2-3,11-12H2,1H3,(H,31,32). The van der Waals surface area contributed by atoms with Gasteiger partial charge < -0.3 is 4.74 Å². The molecule has 8 nitrogen and oxygen atoms in total. The smallest absolute Gasteiger partial charge is 0.263 e. The average molecular weight is 537 g/mol. The molecule has 2 heterocycles. The molecule has 0 amide bonds. The van der Waals surface area contributed by atoms with E-state index in [0.29, 0.717) is 23.7 Å². The van der Waals surface area contributed by atoms with Gasteiger partial charge in [0, 0.05) is 29.8 Å². The Balaban J connectivity index is 1.58. The van der Waals surface area contributed by atoms with Crippen LogP contribution in [-0.4, -0.2) is 36.0 Å². The quantitative estimate of drug-likeness (QED) is 0.380. The number of nitrogens with one attached hydrogen (secondary N) is 1. The molecule has 11 heteroatoms. The zero-order valence-corrected chi connectivity index (χ0v) is 21.1. The molecule has 1 N–H and O–H groups in total. The van der Waals surface area contributed by atoms with Crippen LogP contribution in [-0.2, 0) is 10.0 Å². The molecule has 4 aromatic rings. The van der Waals surface area contributed by atoms with Crippen LogP contribution in [0.2, 0.25) is 0 Å². The lowest BCUT2D eigenvalue weighted by atomic mass is 10.0. The van der Waals surface area contributed by atoms with Crippen LogP contribution in [0.4, 0.5) is 14.6 Å². The Bertz CT molecular complexity index is 1760. The van der Waals surface area contributed by atoms with E-state index in [-0.39, 0.29) is 27.7 Å². The van der Waals surface area contributed by atoms with E-state index >= 15 is 4.39 Å². The maximum Gasteiger partial charge on any atom is 0.263 e. The number of halogens is 2. The highest BCUT2D eigenvalue weighted by Crippen LogP contribution is 2.33. The average Bonchev–Trinajstić information content (AvgIpc) is 3.34.